The van der Waals surface area contributed by atoms with E-state index in [2.05, 4.69) is 11.8 Å². The van der Waals surface area contributed by atoms with Crippen molar-refractivity contribution in [3.8, 4) is 11.8 Å². The summed E-state index contributed by atoms with van der Waals surface area (Å²) < 4.78 is 0. The fourth-order valence-corrected chi connectivity index (χ4v) is 0.565. The second-order valence-corrected chi connectivity index (χ2v) is 1.98. The Hall–Kier alpha value is -0.480. The predicted octanol–water partition coefficient (Wildman–Crippen LogP) is 1.56. The molecule has 1 nitrogen and oxygen atoms in total. The molecule has 0 aliphatic heterocycles. The first-order valence-corrected chi connectivity index (χ1v) is 3.47. The minimum Gasteiger partial charge on any atom is -0.380 e. The third-order valence-corrected chi connectivity index (χ3v) is 1.01. The third kappa shape index (κ3) is 5.39. The summed E-state index contributed by atoms with van der Waals surface area (Å²) in [4.78, 5) is 0. The zero-order valence-corrected chi connectivity index (χ0v) is 6.15. The van der Waals surface area contributed by atoms with Crippen molar-refractivity contribution in [1.82, 2.24) is 0 Å². The minimum atomic E-state index is -0.394. The van der Waals surface area contributed by atoms with Crippen LogP contribution in [0, 0.1) is 11.8 Å². The topological polar surface area (TPSA) is 20.2 Å². The Morgan fingerprint density at radius 2 is 2.11 bits per heavy atom. The first kappa shape index (κ1) is 8.52. The lowest BCUT2D eigenvalue weighted by atomic mass is 10.2. The van der Waals surface area contributed by atoms with Crippen LogP contribution in [0.25, 0.3) is 0 Å². The van der Waals surface area contributed by atoms with Crippen LogP contribution in [-0.4, -0.2) is 11.2 Å². The number of aliphatic hydroxyl groups excluding tert-OH is 1. The maximum Gasteiger partial charge on any atom is 0.114 e. The molecule has 0 heterocycles. The van der Waals surface area contributed by atoms with Gasteiger partial charge in [0.15, 0.2) is 0 Å². The lowest BCUT2D eigenvalue weighted by molar-refractivity contribution is 0.221. The largest absolute Gasteiger partial charge is 0.380 e. The van der Waals surface area contributed by atoms with Crippen LogP contribution in [-0.2, 0) is 0 Å². The summed E-state index contributed by atoms with van der Waals surface area (Å²) in [5, 5.41) is 9.01. The fourth-order valence-electron chi connectivity index (χ4n) is 0.565. The van der Waals surface area contributed by atoms with Crippen molar-refractivity contribution in [2.24, 2.45) is 0 Å². The van der Waals surface area contributed by atoms with Gasteiger partial charge in [0.05, 0.1) is 0 Å². The molecule has 0 bridgehead atoms. The van der Waals surface area contributed by atoms with Crippen molar-refractivity contribution in [1.29, 1.82) is 0 Å². The SMILES string of the molecule is CCC#C[C@H](O)CCC. The van der Waals surface area contributed by atoms with Gasteiger partial charge < -0.3 is 5.11 Å². The van der Waals surface area contributed by atoms with Gasteiger partial charge in [-0.3, -0.25) is 0 Å². The average molecular weight is 126 g/mol. The van der Waals surface area contributed by atoms with E-state index in [1.165, 1.54) is 0 Å². The van der Waals surface area contributed by atoms with Crippen LogP contribution >= 0.6 is 0 Å². The molecule has 0 radical (unpaired) electrons. The van der Waals surface area contributed by atoms with E-state index in [-0.39, 0.29) is 0 Å². The highest BCUT2D eigenvalue weighted by Crippen LogP contribution is 1.92. The van der Waals surface area contributed by atoms with Gasteiger partial charge in [-0.15, -0.1) is 5.92 Å². The molecule has 0 aromatic carbocycles. The summed E-state index contributed by atoms with van der Waals surface area (Å²) in [5.41, 5.74) is 0. The second-order valence-electron chi connectivity index (χ2n) is 1.98. The van der Waals surface area contributed by atoms with Crippen molar-refractivity contribution in [3.05, 3.63) is 0 Å². The molecule has 52 valence electrons. The minimum absolute atomic E-state index is 0.394. The van der Waals surface area contributed by atoms with Crippen LogP contribution < -0.4 is 0 Å². The van der Waals surface area contributed by atoms with Gasteiger partial charge in [0.25, 0.3) is 0 Å². The summed E-state index contributed by atoms with van der Waals surface area (Å²) in [6, 6.07) is 0. The van der Waals surface area contributed by atoms with E-state index in [9.17, 15) is 0 Å². The van der Waals surface area contributed by atoms with Gasteiger partial charge in [-0.1, -0.05) is 26.2 Å². The third-order valence-electron chi connectivity index (χ3n) is 1.01. The summed E-state index contributed by atoms with van der Waals surface area (Å²) in [6.07, 6.45) is 2.24. The first-order valence-electron chi connectivity index (χ1n) is 3.47. The van der Waals surface area contributed by atoms with Crippen LogP contribution in [0.4, 0.5) is 0 Å². The molecule has 0 aromatic heterocycles. The molecule has 0 saturated heterocycles. The van der Waals surface area contributed by atoms with E-state index >= 15 is 0 Å². The molecule has 0 spiro atoms. The first-order chi connectivity index (χ1) is 4.31. The summed E-state index contributed by atoms with van der Waals surface area (Å²) in [7, 11) is 0. The molecule has 9 heavy (non-hydrogen) atoms. The molecular formula is C8H14O. The number of aliphatic hydroxyl groups is 1. The number of rotatable bonds is 2. The molecule has 0 amide bonds. The van der Waals surface area contributed by atoms with Crippen LogP contribution in [0.2, 0.25) is 0 Å². The fraction of sp³-hybridized carbons (Fsp3) is 0.750. The van der Waals surface area contributed by atoms with Gasteiger partial charge in [0, 0.05) is 6.42 Å². The van der Waals surface area contributed by atoms with E-state index in [1.807, 2.05) is 13.8 Å². The molecule has 1 heteroatoms. The molecule has 1 atom stereocenters. The van der Waals surface area contributed by atoms with Gasteiger partial charge in [-0.05, 0) is 6.42 Å². The zero-order chi connectivity index (χ0) is 7.11. The molecule has 0 rings (SSSR count). The normalized spacial score (nSPS) is 11.9. The Balaban J connectivity index is 3.36. The molecule has 1 N–H and O–H groups in total. The lowest BCUT2D eigenvalue weighted by Gasteiger charge is -1.96. The maximum atomic E-state index is 9.01. The van der Waals surface area contributed by atoms with E-state index in [4.69, 9.17) is 5.11 Å². The van der Waals surface area contributed by atoms with Crippen LogP contribution in [0.3, 0.4) is 0 Å². The highest BCUT2D eigenvalue weighted by Gasteiger charge is 1.92. The summed E-state index contributed by atoms with van der Waals surface area (Å²) >= 11 is 0. The Labute approximate surface area is 57.1 Å². The van der Waals surface area contributed by atoms with Crippen molar-refractivity contribution >= 4 is 0 Å². The van der Waals surface area contributed by atoms with Crippen LogP contribution in [0.5, 0.6) is 0 Å². The van der Waals surface area contributed by atoms with Crippen molar-refractivity contribution in [2.45, 2.75) is 39.2 Å². The molecule has 0 aliphatic rings. The standard InChI is InChI=1S/C8H14O/c1-3-5-7-8(9)6-4-2/h8-9H,3-4,6H2,1-2H3/t8-/m1/s1. The highest BCUT2D eigenvalue weighted by atomic mass is 16.3. The van der Waals surface area contributed by atoms with E-state index in [0.29, 0.717) is 0 Å². The van der Waals surface area contributed by atoms with Gasteiger partial charge in [0.1, 0.15) is 6.10 Å². The number of hydrogen-bond acceptors (Lipinski definition) is 1. The monoisotopic (exact) mass is 126 g/mol. The molecule has 0 saturated carbocycles. The lowest BCUT2D eigenvalue weighted by Crippen LogP contribution is -2.00. The van der Waals surface area contributed by atoms with Crippen LogP contribution in [0.1, 0.15) is 33.1 Å². The Morgan fingerprint density at radius 3 is 2.56 bits per heavy atom. The van der Waals surface area contributed by atoms with Gasteiger partial charge in [-0.25, -0.2) is 0 Å². The highest BCUT2D eigenvalue weighted by molar-refractivity contribution is 5.03. The summed E-state index contributed by atoms with van der Waals surface area (Å²) in [5.74, 6) is 5.57. The molecule has 0 aromatic rings. The summed E-state index contributed by atoms with van der Waals surface area (Å²) in [6.45, 7) is 4.02. The quantitative estimate of drug-likeness (QED) is 0.557. The molecule has 0 unspecified atom stereocenters. The predicted molar refractivity (Wildman–Crippen MR) is 39.0 cm³/mol. The average Bonchev–Trinajstić information content (AvgIpc) is 1.85. The van der Waals surface area contributed by atoms with Crippen LogP contribution in [0.15, 0.2) is 0 Å². The zero-order valence-electron chi connectivity index (χ0n) is 6.15. The van der Waals surface area contributed by atoms with E-state index < -0.39 is 6.10 Å². The van der Waals surface area contributed by atoms with Gasteiger partial charge >= 0.3 is 0 Å². The Kier molecular flexibility index (Phi) is 5.35. The molecular weight excluding hydrogens is 112 g/mol. The smallest absolute Gasteiger partial charge is 0.114 e. The van der Waals surface area contributed by atoms with E-state index in [1.54, 1.807) is 0 Å². The molecule has 0 fully saturated rings. The maximum absolute atomic E-state index is 9.01. The van der Waals surface area contributed by atoms with Gasteiger partial charge in [0.2, 0.25) is 0 Å². The second kappa shape index (κ2) is 5.65. The van der Waals surface area contributed by atoms with Crippen molar-refractivity contribution in [2.75, 3.05) is 0 Å². The van der Waals surface area contributed by atoms with E-state index in [0.717, 1.165) is 19.3 Å². The van der Waals surface area contributed by atoms with Crippen molar-refractivity contribution < 1.29 is 5.11 Å². The Morgan fingerprint density at radius 1 is 1.44 bits per heavy atom. The number of hydrogen-bond donors (Lipinski definition) is 1. The van der Waals surface area contributed by atoms with Gasteiger partial charge in [-0.2, -0.15) is 0 Å². The van der Waals surface area contributed by atoms with Crippen molar-refractivity contribution in [3.63, 3.8) is 0 Å². The Bertz CT molecular complexity index is 107. The molecule has 0 aliphatic carbocycles.